The van der Waals surface area contributed by atoms with Gasteiger partial charge in [0.05, 0.1) is 13.5 Å². The van der Waals surface area contributed by atoms with Crippen LogP contribution in [-0.4, -0.2) is 19.6 Å². The summed E-state index contributed by atoms with van der Waals surface area (Å²) < 4.78 is 9.16. The van der Waals surface area contributed by atoms with Crippen molar-refractivity contribution < 1.29 is 19.1 Å². The third kappa shape index (κ3) is 3.81. The van der Waals surface area contributed by atoms with E-state index in [9.17, 15) is 9.59 Å². The van der Waals surface area contributed by atoms with E-state index in [-0.39, 0.29) is 12.9 Å². The Morgan fingerprint density at radius 2 is 2.00 bits per heavy atom. The van der Waals surface area contributed by atoms with Gasteiger partial charge in [0.25, 0.3) is 0 Å². The van der Waals surface area contributed by atoms with Crippen molar-refractivity contribution in [3.8, 4) is 5.75 Å². The zero-order valence-corrected chi connectivity index (χ0v) is 8.43. The van der Waals surface area contributed by atoms with Gasteiger partial charge in [-0.1, -0.05) is 12.1 Å². The van der Waals surface area contributed by atoms with E-state index in [1.807, 2.05) is 24.3 Å². The van der Waals surface area contributed by atoms with Crippen molar-refractivity contribution in [2.75, 3.05) is 7.11 Å². The number of esters is 1. The molecule has 4 heteroatoms. The standard InChI is InChI=1S/C11H12O4/c1-14-10-5-2-9(3-6-10)4-7-11(13)15-8-12/h2-3,5-6,8H,4,7H2,1H3. The first-order valence-electron chi connectivity index (χ1n) is 4.52. The summed E-state index contributed by atoms with van der Waals surface area (Å²) in [6.45, 7) is 0.149. The van der Waals surface area contributed by atoms with Gasteiger partial charge in [-0.15, -0.1) is 0 Å². The molecule has 15 heavy (non-hydrogen) atoms. The van der Waals surface area contributed by atoms with Gasteiger partial charge in [0.15, 0.2) is 0 Å². The number of rotatable bonds is 5. The van der Waals surface area contributed by atoms with Crippen molar-refractivity contribution in [3.05, 3.63) is 29.8 Å². The zero-order chi connectivity index (χ0) is 11.1. The average Bonchev–Trinajstić information content (AvgIpc) is 2.27. The van der Waals surface area contributed by atoms with Crippen molar-refractivity contribution in [3.63, 3.8) is 0 Å². The largest absolute Gasteiger partial charge is 0.497 e. The molecule has 0 spiro atoms. The molecule has 0 bridgehead atoms. The first-order chi connectivity index (χ1) is 7.26. The molecule has 0 N–H and O–H groups in total. The van der Waals surface area contributed by atoms with Gasteiger partial charge in [-0.25, -0.2) is 0 Å². The molecule has 0 aliphatic heterocycles. The number of benzene rings is 1. The van der Waals surface area contributed by atoms with E-state index in [4.69, 9.17) is 4.74 Å². The van der Waals surface area contributed by atoms with Crippen LogP contribution in [0.4, 0.5) is 0 Å². The van der Waals surface area contributed by atoms with Gasteiger partial charge >= 0.3 is 12.4 Å². The normalized spacial score (nSPS) is 9.40. The molecule has 0 amide bonds. The molecule has 0 aromatic heterocycles. The molecule has 0 radical (unpaired) electrons. The Bertz CT molecular complexity index is 329. The maximum atomic E-state index is 10.9. The Kier molecular flexibility index (Phi) is 4.34. The summed E-state index contributed by atoms with van der Waals surface area (Å²) >= 11 is 0. The molecule has 1 aromatic carbocycles. The minimum Gasteiger partial charge on any atom is -0.497 e. The molecule has 0 atom stereocenters. The van der Waals surface area contributed by atoms with Crippen LogP contribution in [0.15, 0.2) is 24.3 Å². The molecular weight excluding hydrogens is 196 g/mol. The van der Waals surface area contributed by atoms with Crippen LogP contribution in [0.25, 0.3) is 0 Å². The SMILES string of the molecule is COc1ccc(CCC(=O)OC=O)cc1. The molecular formula is C11H12O4. The Labute approximate surface area is 87.8 Å². The first-order valence-corrected chi connectivity index (χ1v) is 4.52. The van der Waals surface area contributed by atoms with Crippen molar-refractivity contribution in [1.29, 1.82) is 0 Å². The highest BCUT2D eigenvalue weighted by atomic mass is 16.6. The maximum absolute atomic E-state index is 10.9. The highest BCUT2D eigenvalue weighted by Gasteiger charge is 2.02. The minimum absolute atomic E-state index is 0.149. The quantitative estimate of drug-likeness (QED) is 0.416. The van der Waals surface area contributed by atoms with Crippen LogP contribution in [0.5, 0.6) is 5.75 Å². The van der Waals surface area contributed by atoms with Crippen LogP contribution < -0.4 is 4.74 Å². The molecule has 0 unspecified atom stereocenters. The van der Waals surface area contributed by atoms with Crippen molar-refractivity contribution in [1.82, 2.24) is 0 Å². The van der Waals surface area contributed by atoms with Gasteiger partial charge in [0.2, 0.25) is 0 Å². The smallest absolute Gasteiger partial charge is 0.313 e. The molecule has 0 fully saturated rings. The molecule has 0 heterocycles. The molecule has 0 aliphatic rings. The van der Waals surface area contributed by atoms with Crippen LogP contribution in [0.1, 0.15) is 12.0 Å². The third-order valence-corrected chi connectivity index (χ3v) is 1.96. The summed E-state index contributed by atoms with van der Waals surface area (Å²) in [7, 11) is 1.59. The fourth-order valence-corrected chi connectivity index (χ4v) is 1.15. The minimum atomic E-state index is -0.513. The Morgan fingerprint density at radius 3 is 2.53 bits per heavy atom. The van der Waals surface area contributed by atoms with Crippen LogP contribution in [0.3, 0.4) is 0 Å². The first kappa shape index (κ1) is 11.2. The predicted molar refractivity (Wildman–Crippen MR) is 53.5 cm³/mol. The molecule has 0 saturated heterocycles. The second kappa shape index (κ2) is 5.80. The summed E-state index contributed by atoms with van der Waals surface area (Å²) in [5.41, 5.74) is 0.999. The van der Waals surface area contributed by atoms with Crippen LogP contribution in [0.2, 0.25) is 0 Å². The third-order valence-electron chi connectivity index (χ3n) is 1.96. The highest BCUT2D eigenvalue weighted by molar-refractivity contribution is 5.76. The maximum Gasteiger partial charge on any atom is 0.313 e. The number of hydrogen-bond acceptors (Lipinski definition) is 4. The zero-order valence-electron chi connectivity index (χ0n) is 8.43. The number of aryl methyl sites for hydroxylation is 1. The molecule has 4 nitrogen and oxygen atoms in total. The lowest BCUT2D eigenvalue weighted by Crippen LogP contribution is -2.03. The number of methoxy groups -OCH3 is 1. The van der Waals surface area contributed by atoms with Crippen LogP contribution in [-0.2, 0) is 20.7 Å². The number of carbonyl (C=O) groups is 2. The van der Waals surface area contributed by atoms with E-state index >= 15 is 0 Å². The summed E-state index contributed by atoms with van der Waals surface area (Å²) in [6, 6.07) is 7.38. The van der Waals surface area contributed by atoms with E-state index in [0.29, 0.717) is 6.42 Å². The van der Waals surface area contributed by atoms with Crippen molar-refractivity contribution in [2.45, 2.75) is 12.8 Å². The fraction of sp³-hybridized carbons (Fsp3) is 0.273. The van der Waals surface area contributed by atoms with Crippen LogP contribution >= 0.6 is 0 Å². The Balaban J connectivity index is 2.43. The van der Waals surface area contributed by atoms with Gasteiger partial charge < -0.3 is 9.47 Å². The van der Waals surface area contributed by atoms with E-state index in [1.165, 1.54) is 0 Å². The number of hydrogen-bond donors (Lipinski definition) is 0. The lowest BCUT2D eigenvalue weighted by atomic mass is 10.1. The monoisotopic (exact) mass is 208 g/mol. The van der Waals surface area contributed by atoms with Gasteiger partial charge in [-0.2, -0.15) is 0 Å². The van der Waals surface area contributed by atoms with Gasteiger partial charge in [-0.3, -0.25) is 9.59 Å². The van der Waals surface area contributed by atoms with Gasteiger partial charge in [-0.05, 0) is 24.1 Å². The Hall–Kier alpha value is -1.84. The summed E-state index contributed by atoms with van der Waals surface area (Å²) in [5, 5.41) is 0. The molecule has 0 aliphatic carbocycles. The summed E-state index contributed by atoms with van der Waals surface area (Å²) in [6.07, 6.45) is 0.752. The van der Waals surface area contributed by atoms with Crippen LogP contribution in [0, 0.1) is 0 Å². The second-order valence-corrected chi connectivity index (χ2v) is 2.93. The molecule has 0 saturated carbocycles. The Morgan fingerprint density at radius 1 is 1.33 bits per heavy atom. The van der Waals surface area contributed by atoms with Crippen molar-refractivity contribution >= 4 is 12.4 Å². The summed E-state index contributed by atoms with van der Waals surface area (Å²) in [5.74, 6) is 0.259. The second-order valence-electron chi connectivity index (χ2n) is 2.93. The average molecular weight is 208 g/mol. The van der Waals surface area contributed by atoms with E-state index in [2.05, 4.69) is 4.74 Å². The van der Waals surface area contributed by atoms with E-state index < -0.39 is 5.97 Å². The molecule has 1 rings (SSSR count). The van der Waals surface area contributed by atoms with Crippen molar-refractivity contribution in [2.24, 2.45) is 0 Å². The lowest BCUT2D eigenvalue weighted by Gasteiger charge is -2.02. The number of carbonyl (C=O) groups excluding carboxylic acids is 2. The molecule has 1 aromatic rings. The van der Waals surface area contributed by atoms with E-state index in [1.54, 1.807) is 7.11 Å². The van der Waals surface area contributed by atoms with Gasteiger partial charge in [0.1, 0.15) is 5.75 Å². The van der Waals surface area contributed by atoms with E-state index in [0.717, 1.165) is 11.3 Å². The summed E-state index contributed by atoms with van der Waals surface area (Å²) in [4.78, 5) is 20.7. The van der Waals surface area contributed by atoms with Gasteiger partial charge in [0, 0.05) is 0 Å². The predicted octanol–water partition coefficient (Wildman–Crippen LogP) is 1.33. The lowest BCUT2D eigenvalue weighted by molar-refractivity contribution is -0.151. The highest BCUT2D eigenvalue weighted by Crippen LogP contribution is 2.12. The molecule has 80 valence electrons. The topological polar surface area (TPSA) is 52.6 Å². The number of ether oxygens (including phenoxy) is 2. The fourth-order valence-electron chi connectivity index (χ4n) is 1.15.